The Labute approximate surface area is 168 Å². The van der Waals surface area contributed by atoms with Gasteiger partial charge in [-0.15, -0.1) is 0 Å². The summed E-state index contributed by atoms with van der Waals surface area (Å²) < 4.78 is 5.23. The van der Waals surface area contributed by atoms with Gasteiger partial charge in [-0.25, -0.2) is 0 Å². The zero-order valence-corrected chi connectivity index (χ0v) is 16.4. The number of likely N-dealkylation sites (tertiary alicyclic amines) is 1. The van der Waals surface area contributed by atoms with Crippen molar-refractivity contribution in [2.75, 3.05) is 20.2 Å². The number of nitrogens with zero attached hydrogens (tertiary/aromatic N) is 1. The standard InChI is InChI=1S/C20H20Cl2N2O3/c1-27-18-7-6-15(22)12-17(18)19(25)23-16-8-10-24(11-9-16)20(26)13-2-4-14(21)5-3-13/h2-7,12,16H,8-11H2,1H3,(H,23,25). The van der Waals surface area contributed by atoms with Crippen molar-refractivity contribution in [3.05, 3.63) is 63.6 Å². The van der Waals surface area contributed by atoms with Crippen LogP contribution < -0.4 is 10.1 Å². The van der Waals surface area contributed by atoms with Crippen LogP contribution in [0.1, 0.15) is 33.6 Å². The minimum absolute atomic E-state index is 0.00421. The highest BCUT2D eigenvalue weighted by Gasteiger charge is 2.25. The van der Waals surface area contributed by atoms with Crippen LogP contribution >= 0.6 is 23.2 Å². The van der Waals surface area contributed by atoms with Gasteiger partial charge in [-0.05, 0) is 55.3 Å². The van der Waals surface area contributed by atoms with Gasteiger partial charge in [0.1, 0.15) is 5.75 Å². The van der Waals surface area contributed by atoms with Gasteiger partial charge in [-0.1, -0.05) is 23.2 Å². The number of ether oxygens (including phenoxy) is 1. The van der Waals surface area contributed by atoms with Crippen molar-refractivity contribution in [3.63, 3.8) is 0 Å². The number of rotatable bonds is 4. The van der Waals surface area contributed by atoms with Gasteiger partial charge in [-0.2, -0.15) is 0 Å². The third kappa shape index (κ3) is 4.73. The van der Waals surface area contributed by atoms with Crippen LogP contribution in [0, 0.1) is 0 Å². The van der Waals surface area contributed by atoms with Gasteiger partial charge in [0.2, 0.25) is 0 Å². The normalized spacial score (nSPS) is 14.7. The van der Waals surface area contributed by atoms with Crippen molar-refractivity contribution >= 4 is 35.0 Å². The van der Waals surface area contributed by atoms with Crippen LogP contribution in [0.15, 0.2) is 42.5 Å². The van der Waals surface area contributed by atoms with Gasteiger partial charge in [0.05, 0.1) is 12.7 Å². The van der Waals surface area contributed by atoms with Crippen molar-refractivity contribution in [1.82, 2.24) is 10.2 Å². The van der Waals surface area contributed by atoms with E-state index in [2.05, 4.69) is 5.32 Å². The summed E-state index contributed by atoms with van der Waals surface area (Å²) in [5.74, 6) is 0.233. The Morgan fingerprint density at radius 3 is 2.30 bits per heavy atom. The summed E-state index contributed by atoms with van der Waals surface area (Å²) in [4.78, 5) is 26.9. The molecule has 27 heavy (non-hydrogen) atoms. The number of carbonyl (C=O) groups is 2. The molecule has 1 N–H and O–H groups in total. The first-order valence-corrected chi connectivity index (χ1v) is 9.43. The number of piperidine rings is 1. The maximum absolute atomic E-state index is 12.6. The van der Waals surface area contributed by atoms with E-state index >= 15 is 0 Å². The first-order chi connectivity index (χ1) is 13.0. The van der Waals surface area contributed by atoms with Crippen LogP contribution in [0.2, 0.25) is 10.0 Å². The Morgan fingerprint density at radius 1 is 1.04 bits per heavy atom. The number of nitrogens with one attached hydrogen (secondary N) is 1. The summed E-state index contributed by atoms with van der Waals surface area (Å²) >= 11 is 11.9. The highest BCUT2D eigenvalue weighted by atomic mass is 35.5. The lowest BCUT2D eigenvalue weighted by Gasteiger charge is -2.32. The number of amides is 2. The highest BCUT2D eigenvalue weighted by molar-refractivity contribution is 6.31. The van der Waals surface area contributed by atoms with E-state index in [1.54, 1.807) is 47.4 Å². The van der Waals surface area contributed by atoms with E-state index in [4.69, 9.17) is 27.9 Å². The van der Waals surface area contributed by atoms with E-state index in [0.717, 1.165) is 0 Å². The van der Waals surface area contributed by atoms with Gasteiger partial charge in [0.15, 0.2) is 0 Å². The Bertz CT molecular complexity index is 832. The first kappa shape index (κ1) is 19.5. The molecule has 0 atom stereocenters. The molecule has 2 aromatic rings. The lowest BCUT2D eigenvalue weighted by molar-refractivity contribution is 0.0698. The second-order valence-electron chi connectivity index (χ2n) is 6.39. The van der Waals surface area contributed by atoms with Crippen LogP contribution in [-0.4, -0.2) is 43.0 Å². The molecule has 2 amide bonds. The van der Waals surface area contributed by atoms with Crippen molar-refractivity contribution < 1.29 is 14.3 Å². The van der Waals surface area contributed by atoms with Gasteiger partial charge >= 0.3 is 0 Å². The molecule has 5 nitrogen and oxygen atoms in total. The summed E-state index contributed by atoms with van der Waals surface area (Å²) in [5.41, 5.74) is 1.02. The Kier molecular flexibility index (Phi) is 6.24. The van der Waals surface area contributed by atoms with E-state index in [-0.39, 0.29) is 17.9 Å². The summed E-state index contributed by atoms with van der Waals surface area (Å²) in [6, 6.07) is 11.8. The maximum Gasteiger partial charge on any atom is 0.255 e. The average Bonchev–Trinajstić information content (AvgIpc) is 2.68. The molecule has 1 heterocycles. The summed E-state index contributed by atoms with van der Waals surface area (Å²) in [6.07, 6.45) is 1.38. The van der Waals surface area contributed by atoms with Gasteiger partial charge in [0, 0.05) is 34.7 Å². The number of halogens is 2. The van der Waals surface area contributed by atoms with E-state index in [9.17, 15) is 9.59 Å². The smallest absolute Gasteiger partial charge is 0.255 e. The monoisotopic (exact) mass is 406 g/mol. The SMILES string of the molecule is COc1ccc(Cl)cc1C(=O)NC1CCN(C(=O)c2ccc(Cl)cc2)CC1. The Balaban J connectivity index is 1.58. The predicted octanol–water partition coefficient (Wildman–Crippen LogP) is 4.04. The number of methoxy groups -OCH3 is 1. The van der Waals surface area contributed by atoms with Gasteiger partial charge in [-0.3, -0.25) is 9.59 Å². The van der Waals surface area contributed by atoms with E-state index in [1.807, 2.05) is 0 Å². The fourth-order valence-electron chi connectivity index (χ4n) is 3.12. The van der Waals surface area contributed by atoms with Crippen molar-refractivity contribution in [2.45, 2.75) is 18.9 Å². The predicted molar refractivity (Wildman–Crippen MR) is 106 cm³/mol. The molecule has 0 aliphatic carbocycles. The van der Waals surface area contributed by atoms with Crippen molar-refractivity contribution in [3.8, 4) is 5.75 Å². The average molecular weight is 407 g/mol. The van der Waals surface area contributed by atoms with Crippen molar-refractivity contribution in [1.29, 1.82) is 0 Å². The Morgan fingerprint density at radius 2 is 1.67 bits per heavy atom. The third-order valence-electron chi connectivity index (χ3n) is 4.61. The molecule has 1 saturated heterocycles. The second-order valence-corrected chi connectivity index (χ2v) is 7.26. The lowest BCUT2D eigenvalue weighted by Crippen LogP contribution is -2.46. The molecule has 1 fully saturated rings. The molecular weight excluding hydrogens is 387 g/mol. The van der Waals surface area contributed by atoms with Crippen molar-refractivity contribution in [2.24, 2.45) is 0 Å². The second kappa shape index (κ2) is 8.63. The van der Waals surface area contributed by atoms with Gasteiger partial charge in [0.25, 0.3) is 11.8 Å². The van der Waals surface area contributed by atoms with Gasteiger partial charge < -0.3 is 15.0 Å². The van der Waals surface area contributed by atoms with Crippen LogP contribution in [0.4, 0.5) is 0 Å². The molecule has 0 unspecified atom stereocenters. The number of hydrogen-bond donors (Lipinski definition) is 1. The molecule has 1 aliphatic heterocycles. The lowest BCUT2D eigenvalue weighted by atomic mass is 10.0. The minimum Gasteiger partial charge on any atom is -0.496 e. The fourth-order valence-corrected chi connectivity index (χ4v) is 3.42. The summed E-state index contributed by atoms with van der Waals surface area (Å²) in [6.45, 7) is 1.16. The molecule has 3 rings (SSSR count). The molecule has 1 aliphatic rings. The quantitative estimate of drug-likeness (QED) is 0.833. The van der Waals surface area contributed by atoms with E-state index < -0.39 is 0 Å². The summed E-state index contributed by atoms with van der Waals surface area (Å²) in [5, 5.41) is 4.09. The Hall–Kier alpha value is -2.24. The van der Waals surface area contributed by atoms with E-state index in [1.165, 1.54) is 7.11 Å². The molecule has 0 radical (unpaired) electrons. The minimum atomic E-state index is -0.225. The highest BCUT2D eigenvalue weighted by Crippen LogP contribution is 2.23. The maximum atomic E-state index is 12.6. The zero-order chi connectivity index (χ0) is 19.4. The largest absolute Gasteiger partial charge is 0.496 e. The topological polar surface area (TPSA) is 58.6 Å². The fraction of sp³-hybridized carbons (Fsp3) is 0.300. The molecule has 0 aromatic heterocycles. The molecule has 0 spiro atoms. The third-order valence-corrected chi connectivity index (χ3v) is 5.10. The molecular formula is C20H20Cl2N2O3. The molecule has 142 valence electrons. The summed E-state index contributed by atoms with van der Waals surface area (Å²) in [7, 11) is 1.51. The van der Waals surface area contributed by atoms with E-state index in [0.29, 0.717) is 52.9 Å². The molecule has 7 heteroatoms. The molecule has 0 bridgehead atoms. The number of benzene rings is 2. The van der Waals surface area contributed by atoms with Crippen LogP contribution in [-0.2, 0) is 0 Å². The molecule has 0 saturated carbocycles. The molecule has 2 aromatic carbocycles. The zero-order valence-electron chi connectivity index (χ0n) is 14.9. The number of hydrogen-bond acceptors (Lipinski definition) is 3. The van der Waals surface area contributed by atoms with Crippen LogP contribution in [0.5, 0.6) is 5.75 Å². The van der Waals surface area contributed by atoms with Crippen LogP contribution in [0.3, 0.4) is 0 Å². The van der Waals surface area contributed by atoms with Crippen LogP contribution in [0.25, 0.3) is 0 Å². The first-order valence-electron chi connectivity index (χ1n) is 8.67. The number of carbonyl (C=O) groups excluding carboxylic acids is 2.